The third-order valence-electron chi connectivity index (χ3n) is 3.24. The van der Waals surface area contributed by atoms with Crippen LogP contribution in [0.5, 0.6) is 0 Å². The van der Waals surface area contributed by atoms with Crippen molar-refractivity contribution >= 4 is 34.1 Å². The van der Waals surface area contributed by atoms with Gasteiger partial charge < -0.3 is 15.4 Å². The molecule has 124 valence electrons. The van der Waals surface area contributed by atoms with Crippen LogP contribution in [0.25, 0.3) is 0 Å². The van der Waals surface area contributed by atoms with Crippen molar-refractivity contribution in [1.82, 2.24) is 15.5 Å². The standard InChI is InChI=1S/C14H24N4O2S2/c1-9(2)7-15-12(19)10(3)21-14-18-17-13(22-14)16-8-11-5-4-6-20-11/h9-11H,4-8H2,1-3H3,(H,15,19)(H,16,17). The third-order valence-corrected chi connectivity index (χ3v) is 5.31. The van der Waals surface area contributed by atoms with Gasteiger partial charge in [-0.1, -0.05) is 36.9 Å². The van der Waals surface area contributed by atoms with Crippen LogP contribution in [0.15, 0.2) is 4.34 Å². The molecule has 0 aromatic carbocycles. The molecule has 2 N–H and O–H groups in total. The highest BCUT2D eigenvalue weighted by molar-refractivity contribution is 8.02. The van der Waals surface area contributed by atoms with Crippen molar-refractivity contribution in [3.05, 3.63) is 0 Å². The molecule has 0 spiro atoms. The van der Waals surface area contributed by atoms with Crippen molar-refractivity contribution in [2.75, 3.05) is 25.0 Å². The number of ether oxygens (including phenoxy) is 1. The lowest BCUT2D eigenvalue weighted by Crippen LogP contribution is -2.33. The molecule has 2 unspecified atom stereocenters. The van der Waals surface area contributed by atoms with E-state index in [-0.39, 0.29) is 17.3 Å². The topological polar surface area (TPSA) is 76.1 Å². The highest BCUT2D eigenvalue weighted by atomic mass is 32.2. The van der Waals surface area contributed by atoms with Gasteiger partial charge in [0.05, 0.1) is 11.4 Å². The molecule has 0 saturated carbocycles. The predicted octanol–water partition coefficient (Wildman–Crippen LogP) is 2.38. The van der Waals surface area contributed by atoms with E-state index in [2.05, 4.69) is 34.7 Å². The summed E-state index contributed by atoms with van der Waals surface area (Å²) in [5.74, 6) is 0.499. The van der Waals surface area contributed by atoms with E-state index in [0.29, 0.717) is 12.5 Å². The number of amides is 1. The van der Waals surface area contributed by atoms with E-state index in [1.165, 1.54) is 23.1 Å². The van der Waals surface area contributed by atoms with Gasteiger partial charge in [0.1, 0.15) is 0 Å². The van der Waals surface area contributed by atoms with Crippen molar-refractivity contribution < 1.29 is 9.53 Å². The highest BCUT2D eigenvalue weighted by Gasteiger charge is 2.18. The number of carbonyl (C=O) groups excluding carboxylic acids is 1. The van der Waals surface area contributed by atoms with Gasteiger partial charge in [-0.05, 0) is 25.7 Å². The van der Waals surface area contributed by atoms with Crippen LogP contribution < -0.4 is 10.6 Å². The minimum Gasteiger partial charge on any atom is -0.376 e. The summed E-state index contributed by atoms with van der Waals surface area (Å²) in [7, 11) is 0. The first kappa shape index (κ1) is 17.5. The van der Waals surface area contributed by atoms with Crippen LogP contribution in [0.2, 0.25) is 0 Å². The van der Waals surface area contributed by atoms with Gasteiger partial charge in [0.25, 0.3) is 0 Å². The van der Waals surface area contributed by atoms with Crippen LogP contribution in [-0.4, -0.2) is 47.2 Å². The van der Waals surface area contributed by atoms with Crippen molar-refractivity contribution in [2.24, 2.45) is 5.92 Å². The summed E-state index contributed by atoms with van der Waals surface area (Å²) in [6, 6.07) is 0. The summed E-state index contributed by atoms with van der Waals surface area (Å²) in [6.07, 6.45) is 2.51. The summed E-state index contributed by atoms with van der Waals surface area (Å²) in [4.78, 5) is 12.0. The molecule has 0 aliphatic carbocycles. The molecule has 1 aromatic rings. The molecule has 1 amide bonds. The summed E-state index contributed by atoms with van der Waals surface area (Å²) in [5, 5.41) is 15.0. The Bertz CT molecular complexity index is 475. The molecule has 1 saturated heterocycles. The molecule has 1 aliphatic rings. The summed E-state index contributed by atoms with van der Waals surface area (Å²) >= 11 is 2.92. The Morgan fingerprint density at radius 3 is 2.95 bits per heavy atom. The van der Waals surface area contributed by atoms with Crippen molar-refractivity contribution in [1.29, 1.82) is 0 Å². The average Bonchev–Trinajstić information content (AvgIpc) is 3.13. The molecule has 2 rings (SSSR count). The van der Waals surface area contributed by atoms with Crippen molar-refractivity contribution in [3.63, 3.8) is 0 Å². The van der Waals surface area contributed by atoms with Crippen LogP contribution in [0.3, 0.4) is 0 Å². The monoisotopic (exact) mass is 344 g/mol. The Labute approximate surface area is 139 Å². The Morgan fingerprint density at radius 1 is 1.45 bits per heavy atom. The Kier molecular flexibility index (Phi) is 6.91. The lowest BCUT2D eigenvalue weighted by atomic mass is 10.2. The lowest BCUT2D eigenvalue weighted by molar-refractivity contribution is -0.120. The van der Waals surface area contributed by atoms with Gasteiger partial charge in [0.2, 0.25) is 11.0 Å². The average molecular weight is 345 g/mol. The fourth-order valence-electron chi connectivity index (χ4n) is 1.99. The molecule has 2 atom stereocenters. The zero-order chi connectivity index (χ0) is 15.9. The Morgan fingerprint density at radius 2 is 2.27 bits per heavy atom. The second kappa shape index (κ2) is 8.69. The summed E-state index contributed by atoms with van der Waals surface area (Å²) in [5.41, 5.74) is 0. The van der Waals surface area contributed by atoms with Crippen LogP contribution in [0.1, 0.15) is 33.6 Å². The first-order valence-electron chi connectivity index (χ1n) is 7.68. The quantitative estimate of drug-likeness (QED) is 0.705. The minimum absolute atomic E-state index is 0.0442. The van der Waals surface area contributed by atoms with Gasteiger partial charge in [0.15, 0.2) is 4.34 Å². The fourth-order valence-corrected chi connectivity index (χ4v) is 3.92. The molecule has 22 heavy (non-hydrogen) atoms. The molecule has 6 nitrogen and oxygen atoms in total. The SMILES string of the molecule is CC(C)CNC(=O)C(C)Sc1nnc(NCC2CCCO2)s1. The number of anilines is 1. The maximum Gasteiger partial charge on any atom is 0.233 e. The molecule has 8 heteroatoms. The zero-order valence-electron chi connectivity index (χ0n) is 13.3. The van der Waals surface area contributed by atoms with E-state index in [1.54, 1.807) is 0 Å². The van der Waals surface area contributed by atoms with Gasteiger partial charge >= 0.3 is 0 Å². The van der Waals surface area contributed by atoms with E-state index in [4.69, 9.17) is 4.74 Å². The molecule has 0 bridgehead atoms. The van der Waals surface area contributed by atoms with Crippen molar-refractivity contribution in [3.8, 4) is 0 Å². The maximum absolute atomic E-state index is 12.0. The number of hydrogen-bond donors (Lipinski definition) is 2. The summed E-state index contributed by atoms with van der Waals surface area (Å²) in [6.45, 7) is 8.37. The fraction of sp³-hybridized carbons (Fsp3) is 0.786. The highest BCUT2D eigenvalue weighted by Crippen LogP contribution is 2.29. The number of carbonyl (C=O) groups is 1. The second-order valence-corrected chi connectivity index (χ2v) is 8.35. The van der Waals surface area contributed by atoms with Crippen LogP contribution in [0, 0.1) is 5.92 Å². The number of hydrogen-bond acceptors (Lipinski definition) is 7. The molecule has 1 aromatic heterocycles. The van der Waals surface area contributed by atoms with Gasteiger partial charge in [-0.25, -0.2) is 0 Å². The van der Waals surface area contributed by atoms with E-state index in [9.17, 15) is 4.79 Å². The number of nitrogens with zero attached hydrogens (tertiary/aromatic N) is 2. The predicted molar refractivity (Wildman–Crippen MR) is 90.5 cm³/mol. The van der Waals surface area contributed by atoms with E-state index in [1.807, 2.05) is 6.92 Å². The molecular weight excluding hydrogens is 320 g/mol. The van der Waals surface area contributed by atoms with Gasteiger partial charge in [-0.2, -0.15) is 0 Å². The van der Waals surface area contributed by atoms with Crippen LogP contribution >= 0.6 is 23.1 Å². The molecular formula is C14H24N4O2S2. The largest absolute Gasteiger partial charge is 0.376 e. The minimum atomic E-state index is -0.169. The molecule has 1 fully saturated rings. The molecule has 1 aliphatic heterocycles. The smallest absolute Gasteiger partial charge is 0.233 e. The maximum atomic E-state index is 12.0. The second-order valence-electron chi connectivity index (χ2n) is 5.79. The Balaban J connectivity index is 1.74. The van der Waals surface area contributed by atoms with E-state index in [0.717, 1.165) is 35.5 Å². The zero-order valence-corrected chi connectivity index (χ0v) is 14.9. The van der Waals surface area contributed by atoms with Crippen LogP contribution in [0.4, 0.5) is 5.13 Å². The van der Waals surface area contributed by atoms with Gasteiger partial charge in [-0.3, -0.25) is 4.79 Å². The lowest BCUT2D eigenvalue weighted by Gasteiger charge is -2.11. The van der Waals surface area contributed by atoms with Gasteiger partial charge in [-0.15, -0.1) is 10.2 Å². The number of rotatable bonds is 8. The Hall–Kier alpha value is -0.860. The van der Waals surface area contributed by atoms with E-state index >= 15 is 0 Å². The molecule has 2 heterocycles. The first-order chi connectivity index (χ1) is 10.5. The van der Waals surface area contributed by atoms with E-state index < -0.39 is 0 Å². The van der Waals surface area contributed by atoms with Gasteiger partial charge in [0, 0.05) is 19.7 Å². The first-order valence-corrected chi connectivity index (χ1v) is 9.37. The third kappa shape index (κ3) is 5.73. The number of aromatic nitrogens is 2. The number of thioether (sulfide) groups is 1. The van der Waals surface area contributed by atoms with Crippen LogP contribution in [-0.2, 0) is 9.53 Å². The summed E-state index contributed by atoms with van der Waals surface area (Å²) < 4.78 is 6.37. The normalized spacial score (nSPS) is 19.4. The van der Waals surface area contributed by atoms with Crippen molar-refractivity contribution in [2.45, 2.75) is 49.3 Å². The molecule has 0 radical (unpaired) electrons. The number of nitrogens with one attached hydrogen (secondary N) is 2.